The predicted octanol–water partition coefficient (Wildman–Crippen LogP) is 3.37. The highest BCUT2D eigenvalue weighted by Gasteiger charge is 2.24. The molecule has 2 N–H and O–H groups in total. The van der Waals surface area contributed by atoms with E-state index >= 15 is 0 Å². The van der Waals surface area contributed by atoms with Gasteiger partial charge in [0.1, 0.15) is 6.54 Å². The van der Waals surface area contributed by atoms with Crippen LogP contribution in [-0.4, -0.2) is 19.9 Å². The number of aromatic nitrogens is 4. The minimum absolute atomic E-state index is 0.0890. The molecule has 2 heterocycles. The number of imidazole rings is 1. The maximum absolute atomic E-state index is 9.37. The van der Waals surface area contributed by atoms with E-state index in [-0.39, 0.29) is 12.4 Å². The lowest BCUT2D eigenvalue weighted by Gasteiger charge is -2.09. The van der Waals surface area contributed by atoms with E-state index in [0.717, 1.165) is 22.5 Å². The second kappa shape index (κ2) is 6.53. The summed E-state index contributed by atoms with van der Waals surface area (Å²) < 4.78 is 6.52. The molecule has 0 radical (unpaired) electrons. The lowest BCUT2D eigenvalue weighted by Crippen LogP contribution is -2.03. The van der Waals surface area contributed by atoms with Gasteiger partial charge < -0.3 is 10.3 Å². The molecule has 0 saturated heterocycles. The summed E-state index contributed by atoms with van der Waals surface area (Å²) in [5.41, 5.74) is 9.62. The lowest BCUT2D eigenvalue weighted by atomic mass is 10.0. The van der Waals surface area contributed by atoms with Crippen LogP contribution in [0.15, 0.2) is 65.3 Å². The monoisotopic (exact) mass is 342 g/mol. The van der Waals surface area contributed by atoms with Crippen LogP contribution in [-0.2, 0) is 6.54 Å². The van der Waals surface area contributed by atoms with Crippen molar-refractivity contribution >= 4 is 5.82 Å². The van der Waals surface area contributed by atoms with Crippen LogP contribution >= 0.6 is 0 Å². The first kappa shape index (κ1) is 15.6. The number of nitrogens with two attached hydrogens (primary N) is 1. The van der Waals surface area contributed by atoms with Gasteiger partial charge in [-0.1, -0.05) is 60.7 Å². The molecule has 0 atom stereocenters. The molecule has 0 unspecified atom stereocenters. The largest absolute Gasteiger partial charge is 0.379 e. The molecule has 0 spiro atoms. The van der Waals surface area contributed by atoms with Crippen LogP contribution in [0.2, 0.25) is 0 Å². The maximum Gasteiger partial charge on any atom is 0.199 e. The Morgan fingerprint density at radius 2 is 1.58 bits per heavy atom. The van der Waals surface area contributed by atoms with Crippen LogP contribution in [0, 0.1) is 11.3 Å². The van der Waals surface area contributed by atoms with Crippen molar-refractivity contribution in [3.05, 3.63) is 60.7 Å². The van der Waals surface area contributed by atoms with Gasteiger partial charge in [-0.25, -0.2) is 9.61 Å². The summed E-state index contributed by atoms with van der Waals surface area (Å²) in [4.78, 5) is 4.75. The highest BCUT2D eigenvalue weighted by molar-refractivity contribution is 5.82. The fraction of sp³-hybridized carbons (Fsp3) is 0.0526. The zero-order chi connectivity index (χ0) is 17.9. The number of benzene rings is 2. The first-order valence-corrected chi connectivity index (χ1v) is 7.96. The van der Waals surface area contributed by atoms with Gasteiger partial charge in [-0.3, -0.25) is 0 Å². The molecule has 2 aromatic heterocycles. The van der Waals surface area contributed by atoms with Crippen molar-refractivity contribution < 1.29 is 4.63 Å². The molecule has 0 fully saturated rings. The highest BCUT2D eigenvalue weighted by atomic mass is 16.6. The molecule has 4 aromatic rings. The molecule has 0 bridgehead atoms. The number of anilines is 1. The van der Waals surface area contributed by atoms with Gasteiger partial charge in [-0.2, -0.15) is 5.26 Å². The van der Waals surface area contributed by atoms with Gasteiger partial charge >= 0.3 is 0 Å². The third kappa shape index (κ3) is 2.59. The summed E-state index contributed by atoms with van der Waals surface area (Å²) in [7, 11) is 0. The number of hydrogen-bond donors (Lipinski definition) is 1. The van der Waals surface area contributed by atoms with Crippen LogP contribution in [0.4, 0.5) is 5.82 Å². The number of nitrogen functional groups attached to an aromatic ring is 1. The third-order valence-corrected chi connectivity index (χ3v) is 4.02. The van der Waals surface area contributed by atoms with Crippen molar-refractivity contribution in [2.75, 3.05) is 5.73 Å². The molecule has 0 aliphatic carbocycles. The number of hydrogen-bond acceptors (Lipinski definition) is 6. The Bertz CT molecular complexity index is 1080. The topological polar surface area (TPSA) is 107 Å². The van der Waals surface area contributed by atoms with E-state index in [0.29, 0.717) is 11.5 Å². The molecule has 0 saturated carbocycles. The first-order chi connectivity index (χ1) is 12.8. The van der Waals surface area contributed by atoms with Crippen LogP contribution in [0.5, 0.6) is 0 Å². The van der Waals surface area contributed by atoms with E-state index in [4.69, 9.17) is 15.3 Å². The van der Waals surface area contributed by atoms with Crippen LogP contribution < -0.4 is 5.73 Å². The number of rotatable bonds is 4. The third-order valence-electron chi connectivity index (χ3n) is 4.02. The maximum atomic E-state index is 9.37. The first-order valence-electron chi connectivity index (χ1n) is 7.96. The van der Waals surface area contributed by atoms with Crippen molar-refractivity contribution in [3.63, 3.8) is 0 Å². The van der Waals surface area contributed by atoms with Crippen molar-refractivity contribution in [2.24, 2.45) is 0 Å². The molecule has 126 valence electrons. The summed E-state index contributed by atoms with van der Waals surface area (Å²) in [6.07, 6.45) is 0. The van der Waals surface area contributed by atoms with E-state index in [9.17, 15) is 5.26 Å². The Hall–Kier alpha value is -3.92. The fourth-order valence-electron chi connectivity index (χ4n) is 2.89. The van der Waals surface area contributed by atoms with Crippen LogP contribution in [0.1, 0.15) is 0 Å². The molecule has 0 aliphatic heterocycles. The zero-order valence-electron chi connectivity index (χ0n) is 13.7. The van der Waals surface area contributed by atoms with Crippen molar-refractivity contribution in [1.82, 2.24) is 19.9 Å². The second-order valence-electron chi connectivity index (χ2n) is 5.61. The standard InChI is InChI=1S/C19H14N6O/c20-11-12-25-17(14-9-5-2-6-10-14)15(13-7-3-1-4-8-13)22-19(25)16-18(21)24-26-23-16/h1-10H,12H2,(H2,21,24). The molecular weight excluding hydrogens is 328 g/mol. The quantitative estimate of drug-likeness (QED) is 0.609. The molecule has 4 rings (SSSR count). The highest BCUT2D eigenvalue weighted by Crippen LogP contribution is 2.36. The van der Waals surface area contributed by atoms with E-state index in [1.54, 1.807) is 4.57 Å². The van der Waals surface area contributed by atoms with Gasteiger partial charge in [0.2, 0.25) is 0 Å². The SMILES string of the molecule is N#CCn1c(-c2nonc2N)nc(-c2ccccc2)c1-c1ccccc1. The summed E-state index contributed by atoms with van der Waals surface area (Å²) >= 11 is 0. The molecular formula is C19H14N6O. The van der Waals surface area contributed by atoms with Gasteiger partial charge in [0.05, 0.1) is 17.5 Å². The summed E-state index contributed by atoms with van der Waals surface area (Å²) in [5.74, 6) is 0.580. The summed E-state index contributed by atoms with van der Waals surface area (Å²) in [5, 5.41) is 16.9. The van der Waals surface area contributed by atoms with Crippen LogP contribution in [0.3, 0.4) is 0 Å². The smallest absolute Gasteiger partial charge is 0.199 e. The Balaban J connectivity index is 2.05. The summed E-state index contributed by atoms with van der Waals surface area (Å²) in [6, 6.07) is 21.7. The minimum atomic E-state index is 0.0890. The predicted molar refractivity (Wildman–Crippen MR) is 96.4 cm³/mol. The number of nitriles is 1. The molecule has 0 aliphatic rings. The van der Waals surface area contributed by atoms with Gasteiger partial charge in [-0.05, 0) is 10.3 Å². The minimum Gasteiger partial charge on any atom is -0.379 e. The van der Waals surface area contributed by atoms with Gasteiger partial charge in [0, 0.05) is 11.1 Å². The molecule has 2 aromatic carbocycles. The Morgan fingerprint density at radius 1 is 0.923 bits per heavy atom. The molecule has 7 heteroatoms. The van der Waals surface area contributed by atoms with Crippen LogP contribution in [0.25, 0.3) is 34.0 Å². The van der Waals surface area contributed by atoms with E-state index in [1.165, 1.54) is 0 Å². The average Bonchev–Trinajstić information content (AvgIpc) is 3.27. The van der Waals surface area contributed by atoms with E-state index < -0.39 is 0 Å². The Labute approximate surface area is 149 Å². The van der Waals surface area contributed by atoms with Crippen molar-refractivity contribution in [1.29, 1.82) is 5.26 Å². The molecule has 7 nitrogen and oxygen atoms in total. The lowest BCUT2D eigenvalue weighted by molar-refractivity contribution is 0.310. The van der Waals surface area contributed by atoms with Crippen molar-refractivity contribution in [3.8, 4) is 40.1 Å². The Morgan fingerprint density at radius 3 is 2.15 bits per heavy atom. The van der Waals surface area contributed by atoms with Crippen molar-refractivity contribution in [2.45, 2.75) is 6.54 Å². The normalized spacial score (nSPS) is 10.6. The van der Waals surface area contributed by atoms with Gasteiger partial charge in [-0.15, -0.1) is 0 Å². The van der Waals surface area contributed by atoms with E-state index in [2.05, 4.69) is 16.4 Å². The van der Waals surface area contributed by atoms with Gasteiger partial charge in [0.25, 0.3) is 0 Å². The Kier molecular flexibility index (Phi) is 3.92. The fourth-order valence-corrected chi connectivity index (χ4v) is 2.89. The average molecular weight is 342 g/mol. The van der Waals surface area contributed by atoms with Gasteiger partial charge in [0.15, 0.2) is 17.3 Å². The number of nitrogens with zero attached hydrogens (tertiary/aromatic N) is 5. The summed E-state index contributed by atoms with van der Waals surface area (Å²) in [6.45, 7) is 0.0890. The second-order valence-corrected chi connectivity index (χ2v) is 5.61. The van der Waals surface area contributed by atoms with E-state index in [1.807, 2.05) is 60.7 Å². The molecule has 26 heavy (non-hydrogen) atoms. The molecule has 0 amide bonds. The zero-order valence-corrected chi connectivity index (χ0v) is 13.7.